The standard InChI is InChI=1S/C43H25N3O/c1-2-11-28-23-29(18-17-26(28)9-1)41-44-42(30-20-22-40-37(24-30)35-15-7-8-16-39(35)47-40)46-43(45-41)38-25-36-31-12-4-3-10-27(31)19-21-34(36)32-13-5-6-14-33(32)38/h1-25H. The van der Waals surface area contributed by atoms with Crippen molar-refractivity contribution < 1.29 is 4.42 Å². The highest BCUT2D eigenvalue weighted by atomic mass is 16.3. The van der Waals surface area contributed by atoms with E-state index in [-0.39, 0.29) is 0 Å². The lowest BCUT2D eigenvalue weighted by Crippen LogP contribution is -2.01. The van der Waals surface area contributed by atoms with Crippen LogP contribution < -0.4 is 0 Å². The van der Waals surface area contributed by atoms with Crippen LogP contribution in [0.15, 0.2) is 156 Å². The fraction of sp³-hybridized carbons (Fsp3) is 0. The van der Waals surface area contributed by atoms with Crippen LogP contribution in [0, 0.1) is 0 Å². The first-order valence-electron chi connectivity index (χ1n) is 15.8. The molecule has 0 aliphatic carbocycles. The fourth-order valence-corrected chi connectivity index (χ4v) is 6.99. The van der Waals surface area contributed by atoms with E-state index in [0.717, 1.165) is 49.4 Å². The summed E-state index contributed by atoms with van der Waals surface area (Å²) in [4.78, 5) is 15.5. The molecule has 0 saturated heterocycles. The van der Waals surface area contributed by atoms with Crippen molar-refractivity contribution in [3.63, 3.8) is 0 Å². The van der Waals surface area contributed by atoms with E-state index in [0.29, 0.717) is 17.5 Å². The second kappa shape index (κ2) is 10.1. The molecule has 0 atom stereocenters. The minimum Gasteiger partial charge on any atom is -0.456 e. The van der Waals surface area contributed by atoms with Crippen molar-refractivity contribution in [3.05, 3.63) is 152 Å². The van der Waals surface area contributed by atoms with E-state index in [1.807, 2.05) is 30.3 Å². The molecule has 0 aliphatic heterocycles. The normalized spacial score (nSPS) is 11.8. The number of rotatable bonds is 3. The number of aromatic nitrogens is 3. The number of hydrogen-bond donors (Lipinski definition) is 0. The van der Waals surface area contributed by atoms with Gasteiger partial charge in [-0.05, 0) is 79.5 Å². The van der Waals surface area contributed by atoms with Crippen LogP contribution >= 0.6 is 0 Å². The van der Waals surface area contributed by atoms with Gasteiger partial charge < -0.3 is 4.42 Å². The zero-order chi connectivity index (χ0) is 30.9. The van der Waals surface area contributed by atoms with Crippen LogP contribution in [0.2, 0.25) is 0 Å². The smallest absolute Gasteiger partial charge is 0.164 e. The largest absolute Gasteiger partial charge is 0.456 e. The monoisotopic (exact) mass is 599 g/mol. The molecule has 47 heavy (non-hydrogen) atoms. The Morgan fingerprint density at radius 2 is 0.894 bits per heavy atom. The molecule has 0 spiro atoms. The highest BCUT2D eigenvalue weighted by Crippen LogP contribution is 2.38. The molecule has 2 heterocycles. The minimum atomic E-state index is 0.618. The lowest BCUT2D eigenvalue weighted by atomic mass is 9.93. The van der Waals surface area contributed by atoms with Crippen LogP contribution in [0.25, 0.3) is 99.2 Å². The molecule has 0 aliphatic rings. The van der Waals surface area contributed by atoms with Crippen LogP contribution in [0.4, 0.5) is 0 Å². The summed E-state index contributed by atoms with van der Waals surface area (Å²) in [6, 6.07) is 52.9. The van der Waals surface area contributed by atoms with Gasteiger partial charge in [-0.1, -0.05) is 115 Å². The van der Waals surface area contributed by atoms with Gasteiger partial charge in [0.1, 0.15) is 11.2 Å². The van der Waals surface area contributed by atoms with E-state index in [1.165, 1.54) is 32.3 Å². The molecule has 0 saturated carbocycles. The zero-order valence-corrected chi connectivity index (χ0v) is 25.2. The summed E-state index contributed by atoms with van der Waals surface area (Å²) in [6.07, 6.45) is 0. The van der Waals surface area contributed by atoms with E-state index < -0.39 is 0 Å². The van der Waals surface area contributed by atoms with Crippen molar-refractivity contribution in [2.45, 2.75) is 0 Å². The van der Waals surface area contributed by atoms with Gasteiger partial charge in [-0.2, -0.15) is 0 Å². The Morgan fingerprint density at radius 1 is 0.319 bits per heavy atom. The van der Waals surface area contributed by atoms with Crippen LogP contribution in [0.1, 0.15) is 0 Å². The Morgan fingerprint density at radius 3 is 1.74 bits per heavy atom. The van der Waals surface area contributed by atoms with E-state index >= 15 is 0 Å². The first-order valence-corrected chi connectivity index (χ1v) is 15.8. The zero-order valence-electron chi connectivity index (χ0n) is 25.2. The van der Waals surface area contributed by atoms with Crippen molar-refractivity contribution >= 4 is 65.0 Å². The van der Waals surface area contributed by atoms with Crippen molar-refractivity contribution in [1.82, 2.24) is 15.0 Å². The van der Waals surface area contributed by atoms with Gasteiger partial charge in [0.15, 0.2) is 17.5 Å². The maximum absolute atomic E-state index is 6.14. The first-order chi connectivity index (χ1) is 23.3. The third kappa shape index (κ3) is 4.12. The molecule has 0 radical (unpaired) electrons. The third-order valence-electron chi connectivity index (χ3n) is 9.29. The Hall–Kier alpha value is -6.39. The van der Waals surface area contributed by atoms with E-state index in [9.17, 15) is 0 Å². The van der Waals surface area contributed by atoms with Gasteiger partial charge in [0.2, 0.25) is 0 Å². The topological polar surface area (TPSA) is 51.8 Å². The first kappa shape index (κ1) is 25.9. The lowest BCUT2D eigenvalue weighted by molar-refractivity contribution is 0.669. The molecule has 4 nitrogen and oxygen atoms in total. The number of fused-ring (bicyclic) bond motifs is 9. The lowest BCUT2D eigenvalue weighted by Gasteiger charge is -2.14. The van der Waals surface area contributed by atoms with Gasteiger partial charge >= 0.3 is 0 Å². The molecule has 10 aromatic rings. The van der Waals surface area contributed by atoms with Gasteiger partial charge in [0.05, 0.1) is 0 Å². The molecule has 8 aromatic carbocycles. The second-order valence-electron chi connectivity index (χ2n) is 12.0. The number of benzene rings is 8. The third-order valence-corrected chi connectivity index (χ3v) is 9.29. The molecule has 218 valence electrons. The fourth-order valence-electron chi connectivity index (χ4n) is 6.99. The van der Waals surface area contributed by atoms with Crippen LogP contribution in [0.5, 0.6) is 0 Å². The van der Waals surface area contributed by atoms with Crippen LogP contribution in [-0.2, 0) is 0 Å². The van der Waals surface area contributed by atoms with Gasteiger partial charge in [-0.3, -0.25) is 0 Å². The summed E-state index contributed by atoms with van der Waals surface area (Å²) < 4.78 is 6.14. The summed E-state index contributed by atoms with van der Waals surface area (Å²) in [5, 5.41) is 11.5. The summed E-state index contributed by atoms with van der Waals surface area (Å²) >= 11 is 0. The molecule has 0 fully saturated rings. The number of hydrogen-bond acceptors (Lipinski definition) is 4. The predicted molar refractivity (Wildman–Crippen MR) is 193 cm³/mol. The van der Waals surface area contributed by atoms with Crippen LogP contribution in [0.3, 0.4) is 0 Å². The SMILES string of the molecule is c1ccc2cc(-c3nc(-c4ccc5oc6ccccc6c5c4)nc(-c4cc5c6ccccc6ccc5c5ccccc45)n3)ccc2c1. The molecule has 0 unspecified atom stereocenters. The summed E-state index contributed by atoms with van der Waals surface area (Å²) in [6.45, 7) is 0. The van der Waals surface area contributed by atoms with Gasteiger partial charge in [0, 0.05) is 27.5 Å². The average Bonchev–Trinajstić information content (AvgIpc) is 3.52. The molecular weight excluding hydrogens is 574 g/mol. The summed E-state index contributed by atoms with van der Waals surface area (Å²) in [5.74, 6) is 1.89. The van der Waals surface area contributed by atoms with Gasteiger partial charge in [-0.25, -0.2) is 15.0 Å². The Labute approximate surface area is 269 Å². The average molecular weight is 600 g/mol. The highest BCUT2D eigenvalue weighted by molar-refractivity contribution is 6.20. The Balaban J connectivity index is 1.27. The summed E-state index contributed by atoms with van der Waals surface area (Å²) in [5.41, 5.74) is 4.53. The van der Waals surface area contributed by atoms with Gasteiger partial charge in [-0.15, -0.1) is 0 Å². The van der Waals surface area contributed by atoms with Crippen molar-refractivity contribution in [2.75, 3.05) is 0 Å². The van der Waals surface area contributed by atoms with Crippen molar-refractivity contribution in [3.8, 4) is 34.2 Å². The molecule has 10 rings (SSSR count). The van der Waals surface area contributed by atoms with Gasteiger partial charge in [0.25, 0.3) is 0 Å². The second-order valence-corrected chi connectivity index (χ2v) is 12.0. The minimum absolute atomic E-state index is 0.618. The Kier molecular flexibility index (Phi) is 5.54. The molecule has 0 N–H and O–H groups in total. The Bertz CT molecular complexity index is 2870. The molecule has 4 heteroatoms. The molecule has 2 aromatic heterocycles. The summed E-state index contributed by atoms with van der Waals surface area (Å²) in [7, 11) is 0. The predicted octanol–water partition coefficient (Wildman–Crippen LogP) is 11.4. The maximum atomic E-state index is 6.14. The van der Waals surface area contributed by atoms with Crippen molar-refractivity contribution in [1.29, 1.82) is 0 Å². The number of furan rings is 1. The van der Waals surface area contributed by atoms with E-state index in [2.05, 4.69) is 121 Å². The molecule has 0 amide bonds. The number of para-hydroxylation sites is 1. The van der Waals surface area contributed by atoms with Crippen molar-refractivity contribution in [2.24, 2.45) is 0 Å². The maximum Gasteiger partial charge on any atom is 0.164 e. The van der Waals surface area contributed by atoms with E-state index in [4.69, 9.17) is 19.4 Å². The molecular formula is C43H25N3O. The molecule has 0 bridgehead atoms. The number of nitrogens with zero attached hydrogens (tertiary/aromatic N) is 3. The van der Waals surface area contributed by atoms with E-state index in [1.54, 1.807) is 0 Å². The highest BCUT2D eigenvalue weighted by Gasteiger charge is 2.18. The quantitative estimate of drug-likeness (QED) is 0.190. The van der Waals surface area contributed by atoms with Crippen LogP contribution in [-0.4, -0.2) is 15.0 Å².